The predicted octanol–water partition coefficient (Wildman–Crippen LogP) is 4.62. The molecular formula is C14H9F3N2S. The topological polar surface area (TPSA) is 17.8 Å². The minimum absolute atomic E-state index is 0.597. The number of halogens is 3. The summed E-state index contributed by atoms with van der Waals surface area (Å²) < 4.78 is 39.0. The Balaban J connectivity index is 1.90. The van der Waals surface area contributed by atoms with Gasteiger partial charge in [0.1, 0.15) is 0 Å². The molecule has 0 unspecified atom stereocenters. The summed E-state index contributed by atoms with van der Waals surface area (Å²) in [5.41, 5.74) is 1.73. The molecule has 0 aliphatic carbocycles. The molecule has 6 heteroatoms. The molecule has 0 N–H and O–H groups in total. The van der Waals surface area contributed by atoms with Gasteiger partial charge in [-0.3, -0.25) is 0 Å². The Bertz CT molecular complexity index is 697. The van der Waals surface area contributed by atoms with E-state index < -0.39 is 11.7 Å². The zero-order valence-corrected chi connectivity index (χ0v) is 10.9. The van der Waals surface area contributed by atoms with Gasteiger partial charge in [0.25, 0.3) is 0 Å². The fraction of sp³-hybridized carbons (Fsp3) is 0.0714. The Morgan fingerprint density at radius 3 is 2.35 bits per heavy atom. The summed E-state index contributed by atoms with van der Waals surface area (Å²) in [4.78, 5) is 0. The fourth-order valence-corrected chi connectivity index (χ4v) is 2.48. The van der Waals surface area contributed by atoms with Crippen LogP contribution in [0.1, 0.15) is 5.56 Å². The van der Waals surface area contributed by atoms with Crippen LogP contribution in [0.3, 0.4) is 0 Å². The molecule has 0 atom stereocenters. The molecule has 2 aromatic heterocycles. The van der Waals surface area contributed by atoms with Crippen molar-refractivity contribution >= 4 is 11.3 Å². The van der Waals surface area contributed by atoms with Crippen molar-refractivity contribution in [3.63, 3.8) is 0 Å². The van der Waals surface area contributed by atoms with Gasteiger partial charge in [-0.1, -0.05) is 0 Å². The third-order valence-electron chi connectivity index (χ3n) is 2.87. The van der Waals surface area contributed by atoms with Crippen molar-refractivity contribution < 1.29 is 13.2 Å². The van der Waals surface area contributed by atoms with Gasteiger partial charge < -0.3 is 0 Å². The average Bonchev–Trinajstić information content (AvgIpc) is 3.09. The van der Waals surface area contributed by atoms with E-state index in [1.807, 2.05) is 22.9 Å². The van der Waals surface area contributed by atoms with Crippen molar-refractivity contribution in [1.82, 2.24) is 9.78 Å². The number of hydrogen-bond acceptors (Lipinski definition) is 2. The summed E-state index contributed by atoms with van der Waals surface area (Å²) in [6.07, 6.45) is -2.58. The molecule has 2 heterocycles. The van der Waals surface area contributed by atoms with Gasteiger partial charge in [-0.05, 0) is 41.8 Å². The summed E-state index contributed by atoms with van der Waals surface area (Å²) in [5, 5.41) is 8.28. The Morgan fingerprint density at radius 1 is 1.00 bits per heavy atom. The van der Waals surface area contributed by atoms with Crippen molar-refractivity contribution in [2.45, 2.75) is 6.18 Å². The molecule has 102 valence electrons. The quantitative estimate of drug-likeness (QED) is 0.674. The molecule has 3 aromatic rings. The molecule has 0 fully saturated rings. The average molecular weight is 294 g/mol. The monoisotopic (exact) mass is 294 g/mol. The minimum Gasteiger partial charge on any atom is -0.240 e. The molecule has 20 heavy (non-hydrogen) atoms. The molecular weight excluding hydrogens is 285 g/mol. The minimum atomic E-state index is -4.31. The Morgan fingerprint density at radius 2 is 1.75 bits per heavy atom. The van der Waals surface area contributed by atoms with E-state index in [1.54, 1.807) is 22.2 Å². The maximum atomic E-state index is 12.5. The largest absolute Gasteiger partial charge is 0.416 e. The van der Waals surface area contributed by atoms with E-state index in [9.17, 15) is 13.2 Å². The number of thiophene rings is 1. The van der Waals surface area contributed by atoms with E-state index in [4.69, 9.17) is 0 Å². The van der Waals surface area contributed by atoms with Crippen LogP contribution < -0.4 is 0 Å². The lowest BCUT2D eigenvalue weighted by molar-refractivity contribution is -0.137. The molecule has 0 amide bonds. The number of benzene rings is 1. The highest BCUT2D eigenvalue weighted by molar-refractivity contribution is 7.08. The van der Waals surface area contributed by atoms with Gasteiger partial charge in [-0.2, -0.15) is 29.6 Å². The van der Waals surface area contributed by atoms with Crippen LogP contribution >= 0.6 is 11.3 Å². The van der Waals surface area contributed by atoms with E-state index in [1.165, 1.54) is 12.1 Å². The van der Waals surface area contributed by atoms with Crippen molar-refractivity contribution in [1.29, 1.82) is 0 Å². The van der Waals surface area contributed by atoms with Crippen LogP contribution in [-0.4, -0.2) is 9.78 Å². The Hall–Kier alpha value is -2.08. The van der Waals surface area contributed by atoms with Gasteiger partial charge in [-0.25, -0.2) is 4.68 Å². The van der Waals surface area contributed by atoms with Crippen molar-refractivity contribution in [2.75, 3.05) is 0 Å². The molecule has 0 radical (unpaired) electrons. The molecule has 2 nitrogen and oxygen atoms in total. The van der Waals surface area contributed by atoms with Crippen LogP contribution in [0.4, 0.5) is 13.2 Å². The lowest BCUT2D eigenvalue weighted by atomic mass is 10.2. The normalized spacial score (nSPS) is 11.8. The molecule has 3 rings (SSSR count). The highest BCUT2D eigenvalue weighted by atomic mass is 32.1. The first-order valence-electron chi connectivity index (χ1n) is 5.80. The zero-order valence-electron chi connectivity index (χ0n) is 10.1. The Labute approximate surface area is 117 Å². The van der Waals surface area contributed by atoms with Crippen LogP contribution in [0.15, 0.2) is 53.4 Å². The number of nitrogens with zero attached hydrogens (tertiary/aromatic N) is 2. The van der Waals surface area contributed by atoms with Crippen LogP contribution in [0.2, 0.25) is 0 Å². The van der Waals surface area contributed by atoms with E-state index in [0.29, 0.717) is 5.69 Å². The lowest BCUT2D eigenvalue weighted by Crippen LogP contribution is -2.05. The third-order valence-corrected chi connectivity index (χ3v) is 3.55. The van der Waals surface area contributed by atoms with Crippen LogP contribution in [0.25, 0.3) is 16.9 Å². The summed E-state index contributed by atoms with van der Waals surface area (Å²) in [6.45, 7) is 0. The first kappa shape index (κ1) is 12.9. The predicted molar refractivity (Wildman–Crippen MR) is 71.9 cm³/mol. The third kappa shape index (κ3) is 2.46. The van der Waals surface area contributed by atoms with E-state index in [0.717, 1.165) is 23.4 Å². The van der Waals surface area contributed by atoms with Gasteiger partial charge >= 0.3 is 6.18 Å². The molecule has 1 aromatic carbocycles. The number of hydrogen-bond donors (Lipinski definition) is 0. The molecule has 0 aliphatic rings. The summed E-state index contributed by atoms with van der Waals surface area (Å²) in [5.74, 6) is 0. The van der Waals surface area contributed by atoms with Gasteiger partial charge in [0, 0.05) is 17.1 Å². The fourth-order valence-electron chi connectivity index (χ4n) is 1.84. The summed E-state index contributed by atoms with van der Waals surface area (Å²) in [6, 6.07) is 8.72. The first-order chi connectivity index (χ1) is 9.54. The van der Waals surface area contributed by atoms with Crippen molar-refractivity contribution in [3.8, 4) is 16.9 Å². The van der Waals surface area contributed by atoms with E-state index in [-0.39, 0.29) is 0 Å². The van der Waals surface area contributed by atoms with Crippen molar-refractivity contribution in [3.05, 3.63) is 58.9 Å². The molecule has 0 saturated carbocycles. The summed E-state index contributed by atoms with van der Waals surface area (Å²) in [7, 11) is 0. The number of alkyl halides is 3. The second-order valence-electron chi connectivity index (χ2n) is 4.20. The van der Waals surface area contributed by atoms with Crippen LogP contribution in [0.5, 0.6) is 0 Å². The van der Waals surface area contributed by atoms with Gasteiger partial charge in [0.15, 0.2) is 0 Å². The van der Waals surface area contributed by atoms with E-state index in [2.05, 4.69) is 5.10 Å². The Kier molecular flexibility index (Phi) is 3.10. The van der Waals surface area contributed by atoms with Gasteiger partial charge in [0.2, 0.25) is 0 Å². The SMILES string of the molecule is FC(F)(F)c1ccc(-n2ccc(-c3ccsc3)n2)cc1. The van der Waals surface area contributed by atoms with E-state index >= 15 is 0 Å². The summed E-state index contributed by atoms with van der Waals surface area (Å²) >= 11 is 1.57. The molecule has 0 aliphatic heterocycles. The highest BCUT2D eigenvalue weighted by Crippen LogP contribution is 2.29. The van der Waals surface area contributed by atoms with Gasteiger partial charge in [-0.15, -0.1) is 0 Å². The highest BCUT2D eigenvalue weighted by Gasteiger charge is 2.30. The number of rotatable bonds is 2. The number of aromatic nitrogens is 2. The standard InChI is InChI=1S/C14H9F3N2S/c15-14(16,17)11-1-3-12(4-2-11)19-7-5-13(18-19)10-6-8-20-9-10/h1-9H. The van der Waals surface area contributed by atoms with Crippen LogP contribution in [0, 0.1) is 0 Å². The first-order valence-corrected chi connectivity index (χ1v) is 6.74. The second-order valence-corrected chi connectivity index (χ2v) is 4.98. The molecule has 0 saturated heterocycles. The lowest BCUT2D eigenvalue weighted by Gasteiger charge is -2.07. The van der Waals surface area contributed by atoms with Crippen LogP contribution in [-0.2, 0) is 6.18 Å². The smallest absolute Gasteiger partial charge is 0.240 e. The maximum absolute atomic E-state index is 12.5. The second kappa shape index (κ2) is 4.79. The molecule has 0 bridgehead atoms. The van der Waals surface area contributed by atoms with Crippen molar-refractivity contribution in [2.24, 2.45) is 0 Å². The molecule has 0 spiro atoms. The van der Waals surface area contributed by atoms with Gasteiger partial charge in [0.05, 0.1) is 16.9 Å². The maximum Gasteiger partial charge on any atom is 0.416 e. The zero-order chi connectivity index (χ0) is 14.2.